The van der Waals surface area contributed by atoms with Crippen LogP contribution in [0, 0.1) is 0 Å². The van der Waals surface area contributed by atoms with Gasteiger partial charge in [0.2, 0.25) is 0 Å². The second kappa shape index (κ2) is 9.39. The van der Waals surface area contributed by atoms with Crippen LogP contribution in [0.3, 0.4) is 0 Å². The maximum Gasteiger partial charge on any atom is 0.323 e. The molecule has 2 fully saturated rings. The molecular weight excluding hydrogens is 374 g/mol. The zero-order valence-electron chi connectivity index (χ0n) is 18.1. The third kappa shape index (κ3) is 5.05. The summed E-state index contributed by atoms with van der Waals surface area (Å²) in [5, 5.41) is 5.85. The van der Waals surface area contributed by atoms with E-state index in [1.807, 2.05) is 24.3 Å². The van der Waals surface area contributed by atoms with E-state index in [2.05, 4.69) is 63.7 Å². The Morgan fingerprint density at radius 1 is 0.800 bits per heavy atom. The third-order valence-electron chi connectivity index (χ3n) is 6.23. The van der Waals surface area contributed by atoms with Crippen LogP contribution in [0.25, 0.3) is 0 Å². The fraction of sp³-hybridized carbons (Fsp3) is 0.458. The highest BCUT2D eigenvalue weighted by Gasteiger charge is 2.24. The molecule has 2 aliphatic heterocycles. The summed E-state index contributed by atoms with van der Waals surface area (Å²) in [7, 11) is 4.28. The summed E-state index contributed by atoms with van der Waals surface area (Å²) in [6, 6.07) is 16.6. The molecular formula is C24H33N5O. The van der Waals surface area contributed by atoms with Crippen LogP contribution in [-0.4, -0.2) is 57.2 Å². The van der Waals surface area contributed by atoms with E-state index < -0.39 is 0 Å². The Kier molecular flexibility index (Phi) is 6.43. The molecule has 1 unspecified atom stereocenters. The molecule has 0 aromatic heterocycles. The van der Waals surface area contributed by atoms with Crippen molar-refractivity contribution in [2.45, 2.75) is 31.7 Å². The Hall–Kier alpha value is -2.73. The van der Waals surface area contributed by atoms with Crippen molar-refractivity contribution >= 4 is 28.8 Å². The van der Waals surface area contributed by atoms with Gasteiger partial charge in [0, 0.05) is 55.0 Å². The molecule has 0 bridgehead atoms. The monoisotopic (exact) mass is 407 g/mol. The second-order valence-corrected chi connectivity index (χ2v) is 8.57. The Balaban J connectivity index is 1.28. The molecule has 1 atom stereocenters. The molecule has 2 saturated heterocycles. The van der Waals surface area contributed by atoms with Crippen LogP contribution in [0.5, 0.6) is 0 Å². The topological polar surface area (TPSA) is 50.9 Å². The molecule has 30 heavy (non-hydrogen) atoms. The summed E-state index contributed by atoms with van der Waals surface area (Å²) >= 11 is 0. The van der Waals surface area contributed by atoms with Crippen molar-refractivity contribution in [1.82, 2.24) is 4.90 Å². The standard InChI is InChI=1S/C24H33N5O/c1-27(2)23-14-17-29(18-23)22-12-8-20(9-13-22)26-24(30)25-19-6-10-21(11-7-19)28-15-4-3-5-16-28/h6-13,23H,3-5,14-18H2,1-2H3,(H2,25,26,30). The number of hydrogen-bond acceptors (Lipinski definition) is 4. The summed E-state index contributed by atoms with van der Waals surface area (Å²) < 4.78 is 0. The zero-order chi connectivity index (χ0) is 20.9. The number of carbonyl (C=O) groups is 1. The van der Waals surface area contributed by atoms with Crippen molar-refractivity contribution in [2.75, 3.05) is 60.7 Å². The predicted molar refractivity (Wildman–Crippen MR) is 126 cm³/mol. The van der Waals surface area contributed by atoms with Crippen LogP contribution in [0.4, 0.5) is 27.5 Å². The molecule has 2 aliphatic rings. The third-order valence-corrected chi connectivity index (χ3v) is 6.23. The molecule has 0 aliphatic carbocycles. The molecule has 6 heteroatoms. The lowest BCUT2D eigenvalue weighted by Gasteiger charge is -2.28. The van der Waals surface area contributed by atoms with Crippen LogP contribution in [0.15, 0.2) is 48.5 Å². The van der Waals surface area contributed by atoms with Crippen molar-refractivity contribution in [1.29, 1.82) is 0 Å². The molecule has 2 aromatic carbocycles. The minimum atomic E-state index is -0.220. The van der Waals surface area contributed by atoms with Crippen molar-refractivity contribution < 1.29 is 4.79 Å². The molecule has 0 radical (unpaired) electrons. The van der Waals surface area contributed by atoms with Crippen LogP contribution in [0.1, 0.15) is 25.7 Å². The average molecular weight is 408 g/mol. The smallest absolute Gasteiger partial charge is 0.323 e. The fourth-order valence-corrected chi connectivity index (χ4v) is 4.35. The normalized spacial score (nSPS) is 19.2. The minimum absolute atomic E-state index is 0.220. The van der Waals surface area contributed by atoms with E-state index in [1.165, 1.54) is 37.1 Å². The lowest BCUT2D eigenvalue weighted by atomic mass is 10.1. The number of likely N-dealkylation sites (N-methyl/N-ethyl adjacent to an activating group) is 1. The number of nitrogens with zero attached hydrogens (tertiary/aromatic N) is 3. The molecule has 4 rings (SSSR count). The highest BCUT2D eigenvalue weighted by molar-refractivity contribution is 5.99. The van der Waals surface area contributed by atoms with Crippen LogP contribution in [0.2, 0.25) is 0 Å². The van der Waals surface area contributed by atoms with Crippen molar-refractivity contribution in [3.8, 4) is 0 Å². The quantitative estimate of drug-likeness (QED) is 0.768. The van der Waals surface area contributed by atoms with E-state index in [-0.39, 0.29) is 6.03 Å². The number of carbonyl (C=O) groups excluding carboxylic acids is 1. The number of nitrogens with one attached hydrogen (secondary N) is 2. The maximum absolute atomic E-state index is 12.4. The maximum atomic E-state index is 12.4. The van der Waals surface area contributed by atoms with Crippen molar-refractivity contribution in [2.24, 2.45) is 0 Å². The molecule has 2 aromatic rings. The van der Waals surface area contributed by atoms with Gasteiger partial charge in [-0.3, -0.25) is 0 Å². The van der Waals surface area contributed by atoms with Gasteiger partial charge in [-0.25, -0.2) is 4.79 Å². The Bertz CT molecular complexity index is 828. The van der Waals surface area contributed by atoms with Crippen molar-refractivity contribution in [3.63, 3.8) is 0 Å². The summed E-state index contributed by atoms with van der Waals surface area (Å²) in [6.45, 7) is 4.37. The van der Waals surface area contributed by atoms with Gasteiger partial charge in [0.25, 0.3) is 0 Å². The zero-order valence-corrected chi connectivity index (χ0v) is 18.1. The van der Waals surface area contributed by atoms with E-state index in [0.717, 1.165) is 37.6 Å². The molecule has 2 amide bonds. The first kappa shape index (κ1) is 20.5. The minimum Gasteiger partial charge on any atom is -0.372 e. The highest BCUT2D eigenvalue weighted by Crippen LogP contribution is 2.24. The summed E-state index contributed by atoms with van der Waals surface area (Å²) in [5.41, 5.74) is 4.04. The number of amides is 2. The first-order valence-electron chi connectivity index (χ1n) is 11.0. The number of anilines is 4. The molecule has 2 N–H and O–H groups in total. The predicted octanol–water partition coefficient (Wildman–Crippen LogP) is 4.46. The van der Waals surface area contributed by atoms with Gasteiger partial charge in [-0.2, -0.15) is 0 Å². The van der Waals surface area contributed by atoms with Gasteiger partial charge in [-0.05, 0) is 88.3 Å². The number of urea groups is 1. The van der Waals surface area contributed by atoms with Gasteiger partial charge >= 0.3 is 6.03 Å². The van der Waals surface area contributed by atoms with Crippen LogP contribution >= 0.6 is 0 Å². The summed E-state index contributed by atoms with van der Waals surface area (Å²) in [6.07, 6.45) is 5.03. The van der Waals surface area contributed by atoms with E-state index >= 15 is 0 Å². The van der Waals surface area contributed by atoms with E-state index in [0.29, 0.717) is 6.04 Å². The largest absolute Gasteiger partial charge is 0.372 e. The van der Waals surface area contributed by atoms with Gasteiger partial charge in [0.05, 0.1) is 0 Å². The number of hydrogen-bond donors (Lipinski definition) is 2. The molecule has 0 saturated carbocycles. The molecule has 0 spiro atoms. The highest BCUT2D eigenvalue weighted by atomic mass is 16.2. The van der Waals surface area contributed by atoms with Gasteiger partial charge in [-0.15, -0.1) is 0 Å². The first-order valence-corrected chi connectivity index (χ1v) is 11.0. The van der Waals surface area contributed by atoms with Crippen LogP contribution in [-0.2, 0) is 0 Å². The van der Waals surface area contributed by atoms with Gasteiger partial charge in [-0.1, -0.05) is 0 Å². The van der Waals surface area contributed by atoms with Gasteiger partial charge in [0.1, 0.15) is 0 Å². The van der Waals surface area contributed by atoms with Crippen molar-refractivity contribution in [3.05, 3.63) is 48.5 Å². The Morgan fingerprint density at radius 2 is 1.33 bits per heavy atom. The second-order valence-electron chi connectivity index (χ2n) is 8.57. The molecule has 6 nitrogen and oxygen atoms in total. The average Bonchev–Trinajstić information content (AvgIpc) is 3.26. The lowest BCUT2D eigenvalue weighted by molar-refractivity contribution is 0.262. The van der Waals surface area contributed by atoms with E-state index in [1.54, 1.807) is 0 Å². The van der Waals surface area contributed by atoms with Crippen LogP contribution < -0.4 is 20.4 Å². The Labute approximate surface area is 179 Å². The fourth-order valence-electron chi connectivity index (χ4n) is 4.35. The number of piperidine rings is 1. The SMILES string of the molecule is CN(C)C1CCN(c2ccc(NC(=O)Nc3ccc(N4CCCCC4)cc3)cc2)C1. The van der Waals surface area contributed by atoms with Gasteiger partial charge < -0.3 is 25.3 Å². The Morgan fingerprint density at radius 3 is 1.83 bits per heavy atom. The summed E-state index contributed by atoms with van der Waals surface area (Å²) in [4.78, 5) is 19.5. The van der Waals surface area contributed by atoms with E-state index in [4.69, 9.17) is 0 Å². The molecule has 160 valence electrons. The summed E-state index contributed by atoms with van der Waals surface area (Å²) in [5.74, 6) is 0. The van der Waals surface area contributed by atoms with Gasteiger partial charge in [0.15, 0.2) is 0 Å². The number of benzene rings is 2. The lowest BCUT2D eigenvalue weighted by Crippen LogP contribution is -2.31. The number of rotatable bonds is 5. The first-order chi connectivity index (χ1) is 14.6. The van der Waals surface area contributed by atoms with E-state index in [9.17, 15) is 4.79 Å². The molecule has 2 heterocycles.